The first kappa shape index (κ1) is 26.5. The lowest BCUT2D eigenvalue weighted by atomic mass is 9.99. The van der Waals surface area contributed by atoms with E-state index in [-0.39, 0.29) is 23.7 Å². The van der Waals surface area contributed by atoms with Gasteiger partial charge in [0.15, 0.2) is 0 Å². The van der Waals surface area contributed by atoms with Gasteiger partial charge >= 0.3 is 12.2 Å². The Morgan fingerprint density at radius 3 is 2.43 bits per heavy atom. The number of hydrogen-bond donors (Lipinski definition) is 2. The predicted molar refractivity (Wildman–Crippen MR) is 125 cm³/mol. The molecule has 35 heavy (non-hydrogen) atoms. The molecule has 2 N–H and O–H groups in total. The Bertz CT molecular complexity index is 1180. The molecule has 0 atom stereocenters. The van der Waals surface area contributed by atoms with Gasteiger partial charge in [-0.15, -0.1) is 0 Å². The maximum Gasteiger partial charge on any atom is 0.433 e. The second-order valence-electron chi connectivity index (χ2n) is 8.60. The maximum absolute atomic E-state index is 14.3. The molecule has 3 rings (SSSR count). The molecule has 13 heteroatoms. The first-order valence-corrected chi connectivity index (χ1v) is 12.7. The van der Waals surface area contributed by atoms with Crippen molar-refractivity contribution in [2.24, 2.45) is 5.92 Å². The van der Waals surface area contributed by atoms with E-state index in [2.05, 4.69) is 17.2 Å². The highest BCUT2D eigenvalue weighted by Gasteiger charge is 2.34. The minimum absolute atomic E-state index is 0.0914. The van der Waals surface area contributed by atoms with E-state index in [1.807, 2.05) is 4.72 Å². The van der Waals surface area contributed by atoms with Gasteiger partial charge in [0.1, 0.15) is 17.3 Å². The molecule has 2 amide bonds. The number of nitrogens with one attached hydrogen (secondary N) is 2. The summed E-state index contributed by atoms with van der Waals surface area (Å²) in [5.74, 6) is -0.230. The third-order valence-corrected chi connectivity index (χ3v) is 6.29. The number of pyridine rings is 1. The Labute approximate surface area is 201 Å². The van der Waals surface area contributed by atoms with Crippen LogP contribution < -0.4 is 19.8 Å². The predicted octanol–water partition coefficient (Wildman–Crippen LogP) is 4.19. The van der Waals surface area contributed by atoms with Crippen LogP contribution in [0.4, 0.5) is 39.5 Å². The van der Waals surface area contributed by atoms with Gasteiger partial charge in [0.05, 0.1) is 11.9 Å². The summed E-state index contributed by atoms with van der Waals surface area (Å²) in [5.41, 5.74) is -0.694. The molecular formula is C22H27F4N5O3S. The zero-order chi connectivity index (χ0) is 26.0. The molecule has 1 fully saturated rings. The van der Waals surface area contributed by atoms with Crippen molar-refractivity contribution < 1.29 is 30.8 Å². The summed E-state index contributed by atoms with van der Waals surface area (Å²) in [6, 6.07) is 5.08. The Kier molecular flexibility index (Phi) is 7.77. The number of benzene rings is 1. The Hall–Kier alpha value is -3.09. The van der Waals surface area contributed by atoms with Gasteiger partial charge in [0.2, 0.25) is 10.0 Å². The monoisotopic (exact) mass is 517 g/mol. The second kappa shape index (κ2) is 10.3. The van der Waals surface area contributed by atoms with Crippen LogP contribution in [0, 0.1) is 11.7 Å². The molecule has 0 saturated carbocycles. The van der Waals surface area contributed by atoms with Crippen LogP contribution in [0.1, 0.15) is 31.0 Å². The summed E-state index contributed by atoms with van der Waals surface area (Å²) in [6.45, 7) is 3.11. The number of piperidine rings is 1. The number of alkyl halides is 3. The van der Waals surface area contributed by atoms with Gasteiger partial charge in [-0.3, -0.25) is 9.62 Å². The minimum Gasteiger partial charge on any atom is -0.356 e. The first-order chi connectivity index (χ1) is 16.2. The number of aromatic nitrogens is 1. The van der Waals surface area contributed by atoms with E-state index in [1.54, 1.807) is 4.90 Å². The Balaban J connectivity index is 1.75. The number of sulfonamides is 1. The number of rotatable bonds is 6. The van der Waals surface area contributed by atoms with Gasteiger partial charge in [-0.2, -0.15) is 13.2 Å². The Morgan fingerprint density at radius 2 is 1.86 bits per heavy atom. The molecule has 192 valence electrons. The van der Waals surface area contributed by atoms with Gasteiger partial charge < -0.3 is 10.2 Å². The highest BCUT2D eigenvalue weighted by Crippen LogP contribution is 2.32. The van der Waals surface area contributed by atoms with Crippen LogP contribution in [0.5, 0.6) is 0 Å². The number of urea groups is 1. The molecule has 1 aromatic heterocycles. The zero-order valence-corrected chi connectivity index (χ0v) is 20.3. The number of carbonyl (C=O) groups is 1. The van der Waals surface area contributed by atoms with E-state index < -0.39 is 33.7 Å². The number of hydrogen-bond acceptors (Lipinski definition) is 5. The lowest BCUT2D eigenvalue weighted by molar-refractivity contribution is -0.141. The van der Waals surface area contributed by atoms with Gasteiger partial charge in [0.25, 0.3) is 0 Å². The molecule has 0 radical (unpaired) electrons. The van der Waals surface area contributed by atoms with Crippen molar-refractivity contribution in [1.29, 1.82) is 0 Å². The average Bonchev–Trinajstić information content (AvgIpc) is 2.77. The van der Waals surface area contributed by atoms with Gasteiger partial charge in [-0.05, 0) is 43.0 Å². The van der Waals surface area contributed by atoms with Gasteiger partial charge in [0, 0.05) is 37.9 Å². The normalized spacial score (nSPS) is 15.1. The van der Waals surface area contributed by atoms with Crippen LogP contribution in [0.3, 0.4) is 0 Å². The maximum atomic E-state index is 14.3. The molecule has 2 aromatic rings. The molecule has 0 bridgehead atoms. The van der Waals surface area contributed by atoms with Crippen LogP contribution in [-0.4, -0.2) is 45.8 Å². The molecule has 2 heterocycles. The average molecular weight is 518 g/mol. The van der Waals surface area contributed by atoms with Crippen LogP contribution in [0.25, 0.3) is 0 Å². The summed E-state index contributed by atoms with van der Waals surface area (Å²) < 4.78 is 78.7. The largest absolute Gasteiger partial charge is 0.433 e. The van der Waals surface area contributed by atoms with E-state index in [1.165, 1.54) is 25.2 Å². The quantitative estimate of drug-likeness (QED) is 0.561. The summed E-state index contributed by atoms with van der Waals surface area (Å²) in [7, 11) is -2.30. The fourth-order valence-corrected chi connectivity index (χ4v) is 4.23. The second-order valence-corrected chi connectivity index (χ2v) is 10.4. The number of nitrogens with zero attached hydrogens (tertiary/aromatic N) is 3. The molecule has 8 nitrogen and oxygen atoms in total. The number of amides is 2. The van der Waals surface area contributed by atoms with E-state index in [4.69, 9.17) is 0 Å². The smallest absolute Gasteiger partial charge is 0.356 e. The van der Waals surface area contributed by atoms with Crippen LogP contribution >= 0.6 is 0 Å². The molecule has 1 aliphatic heterocycles. The molecule has 0 aliphatic carbocycles. The Morgan fingerprint density at radius 1 is 1.20 bits per heavy atom. The van der Waals surface area contributed by atoms with E-state index >= 15 is 0 Å². The van der Waals surface area contributed by atoms with Gasteiger partial charge in [-0.25, -0.2) is 22.6 Å². The van der Waals surface area contributed by atoms with Crippen LogP contribution in [0.2, 0.25) is 0 Å². The van der Waals surface area contributed by atoms with E-state index in [9.17, 15) is 30.8 Å². The molecule has 0 spiro atoms. The summed E-state index contributed by atoms with van der Waals surface area (Å²) in [6.07, 6.45) is -2.07. The van der Waals surface area contributed by atoms with Crippen LogP contribution in [0.15, 0.2) is 30.3 Å². The van der Waals surface area contributed by atoms with Crippen molar-refractivity contribution in [3.8, 4) is 0 Å². The number of carbonyl (C=O) groups excluding carboxylic acids is 1. The van der Waals surface area contributed by atoms with Crippen molar-refractivity contribution in [1.82, 2.24) is 10.3 Å². The standard InChI is InChI=1S/C22H27F4N5O3S/c1-14-8-10-31(11-9-14)20-15(4-7-19(28-20)22(24,25)26)13-27-21(32)30(2)16-5-6-18(17(23)12-16)29-35(3,33)34/h4-7,12,14,29H,8-11,13H2,1-3H3,(H,27,32). The SMILES string of the molecule is CC1CCN(c2nc(C(F)(F)F)ccc2CNC(=O)N(C)c2ccc(NS(C)(=O)=O)c(F)c2)CC1. The van der Waals surface area contributed by atoms with Crippen molar-refractivity contribution in [2.75, 3.05) is 40.9 Å². The number of halogens is 4. The third-order valence-electron chi connectivity index (χ3n) is 5.70. The van der Waals surface area contributed by atoms with Crippen molar-refractivity contribution in [3.63, 3.8) is 0 Å². The van der Waals surface area contributed by atoms with E-state index in [0.29, 0.717) is 24.6 Å². The summed E-state index contributed by atoms with van der Waals surface area (Å²) in [5, 5.41) is 2.62. The first-order valence-electron chi connectivity index (χ1n) is 10.9. The summed E-state index contributed by atoms with van der Waals surface area (Å²) >= 11 is 0. The summed E-state index contributed by atoms with van der Waals surface area (Å²) in [4.78, 5) is 19.4. The number of anilines is 3. The van der Waals surface area contributed by atoms with Crippen molar-refractivity contribution in [2.45, 2.75) is 32.5 Å². The zero-order valence-electron chi connectivity index (χ0n) is 19.5. The fraction of sp³-hybridized carbons (Fsp3) is 0.455. The molecule has 1 saturated heterocycles. The highest BCUT2D eigenvalue weighted by atomic mass is 32.2. The third kappa shape index (κ3) is 6.96. The molecule has 0 unspecified atom stereocenters. The van der Waals surface area contributed by atoms with Gasteiger partial charge in [-0.1, -0.05) is 13.0 Å². The lowest BCUT2D eigenvalue weighted by Gasteiger charge is -2.33. The minimum atomic E-state index is -4.60. The molecule has 1 aromatic carbocycles. The fourth-order valence-electron chi connectivity index (χ4n) is 3.67. The molecule has 1 aliphatic rings. The molecular weight excluding hydrogens is 490 g/mol. The lowest BCUT2D eigenvalue weighted by Crippen LogP contribution is -2.38. The van der Waals surface area contributed by atoms with E-state index in [0.717, 1.165) is 36.1 Å². The topological polar surface area (TPSA) is 94.6 Å². The van der Waals surface area contributed by atoms with Crippen LogP contribution in [-0.2, 0) is 22.7 Å². The van der Waals surface area contributed by atoms with Crippen molar-refractivity contribution >= 4 is 33.2 Å². The highest BCUT2D eigenvalue weighted by molar-refractivity contribution is 7.92. The van der Waals surface area contributed by atoms with Crippen molar-refractivity contribution in [3.05, 3.63) is 47.4 Å².